The van der Waals surface area contributed by atoms with Gasteiger partial charge in [0.15, 0.2) is 5.78 Å². The average Bonchev–Trinajstić information content (AvgIpc) is 2.83. The first kappa shape index (κ1) is 18.5. The molecule has 0 aromatic carbocycles. The third-order valence-electron chi connectivity index (χ3n) is 4.16. The van der Waals surface area contributed by atoms with E-state index in [4.69, 9.17) is 0 Å². The summed E-state index contributed by atoms with van der Waals surface area (Å²) in [6, 6.07) is 1.79. The van der Waals surface area contributed by atoms with Gasteiger partial charge in [-0.3, -0.25) is 14.5 Å². The summed E-state index contributed by atoms with van der Waals surface area (Å²) in [5.74, 6) is -1.16. The number of Topliss-reactive ketones (excluding diaryl/α,β-unsaturated/α-hetero) is 1. The van der Waals surface area contributed by atoms with Crippen LogP contribution in [0.2, 0.25) is 0 Å². The molecule has 24 heavy (non-hydrogen) atoms. The number of aryl methyl sites for hydroxylation is 2. The summed E-state index contributed by atoms with van der Waals surface area (Å²) in [4.78, 5) is 29.2. The van der Waals surface area contributed by atoms with Crippen molar-refractivity contribution in [1.82, 2.24) is 15.2 Å². The number of rotatable bonds is 5. The number of ketones is 1. The lowest BCUT2D eigenvalue weighted by Gasteiger charge is -2.31. The second kappa shape index (κ2) is 7.38. The molecule has 1 fully saturated rings. The second-order valence-electron chi connectivity index (χ2n) is 6.32. The Labute approximate surface area is 138 Å². The molecule has 5 nitrogen and oxygen atoms in total. The Balaban J connectivity index is 1.90. The van der Waals surface area contributed by atoms with Crippen LogP contribution in [-0.4, -0.2) is 53.9 Å². The van der Waals surface area contributed by atoms with Crippen molar-refractivity contribution in [2.45, 2.75) is 32.9 Å². The van der Waals surface area contributed by atoms with Crippen LogP contribution in [0.1, 0.15) is 34.6 Å². The minimum absolute atomic E-state index is 0.0480. The highest BCUT2D eigenvalue weighted by Gasteiger charge is 2.31. The number of carbonyl (C=O) groups excluding carboxylic acids is 2. The minimum Gasteiger partial charge on any atom is -0.362 e. The zero-order valence-electron chi connectivity index (χ0n) is 13.8. The van der Waals surface area contributed by atoms with Crippen LogP contribution < -0.4 is 5.32 Å². The Morgan fingerprint density at radius 1 is 1.38 bits per heavy atom. The number of nitrogens with zero attached hydrogens (tertiary/aromatic N) is 1. The molecule has 8 heteroatoms. The van der Waals surface area contributed by atoms with Crippen molar-refractivity contribution in [2.24, 2.45) is 5.92 Å². The molecule has 0 spiro atoms. The lowest BCUT2D eigenvalue weighted by molar-refractivity contribution is -0.141. The first-order valence-electron chi connectivity index (χ1n) is 7.92. The molecule has 0 unspecified atom stereocenters. The van der Waals surface area contributed by atoms with Crippen LogP contribution in [0.15, 0.2) is 6.07 Å². The van der Waals surface area contributed by atoms with E-state index in [-0.39, 0.29) is 12.3 Å². The van der Waals surface area contributed by atoms with E-state index in [2.05, 4.69) is 4.98 Å². The molecule has 1 aliphatic rings. The van der Waals surface area contributed by atoms with Gasteiger partial charge in [-0.05, 0) is 39.3 Å². The molecule has 0 saturated carbocycles. The Bertz CT molecular complexity index is 610. The first-order valence-corrected chi connectivity index (χ1v) is 7.92. The molecule has 1 amide bonds. The highest BCUT2D eigenvalue weighted by atomic mass is 19.4. The van der Waals surface area contributed by atoms with E-state index in [0.717, 1.165) is 11.4 Å². The number of hydrogen-bond acceptors (Lipinski definition) is 3. The van der Waals surface area contributed by atoms with Crippen molar-refractivity contribution in [2.75, 3.05) is 26.2 Å². The van der Waals surface area contributed by atoms with Crippen molar-refractivity contribution < 1.29 is 22.8 Å². The first-order chi connectivity index (χ1) is 11.2. The van der Waals surface area contributed by atoms with Crippen molar-refractivity contribution in [3.05, 3.63) is 23.0 Å². The Kier molecular flexibility index (Phi) is 5.69. The number of halogens is 3. The molecule has 1 saturated heterocycles. The molecule has 2 rings (SSSR count). The lowest BCUT2D eigenvalue weighted by Crippen LogP contribution is -2.46. The molecule has 0 radical (unpaired) electrons. The van der Waals surface area contributed by atoms with Crippen LogP contribution in [0.5, 0.6) is 0 Å². The number of H-pyrrole nitrogens is 1. The van der Waals surface area contributed by atoms with Gasteiger partial charge in [-0.25, -0.2) is 0 Å². The summed E-state index contributed by atoms with van der Waals surface area (Å²) in [6.45, 7) is 3.51. The number of amides is 1. The van der Waals surface area contributed by atoms with Gasteiger partial charge in [0.25, 0.3) is 0 Å². The topological polar surface area (TPSA) is 65.2 Å². The van der Waals surface area contributed by atoms with Crippen LogP contribution in [0.4, 0.5) is 13.2 Å². The molecule has 1 aromatic heterocycles. The van der Waals surface area contributed by atoms with E-state index in [9.17, 15) is 22.8 Å². The molecule has 134 valence electrons. The van der Waals surface area contributed by atoms with Crippen molar-refractivity contribution in [3.63, 3.8) is 0 Å². The number of carbonyl (C=O) groups is 2. The van der Waals surface area contributed by atoms with Crippen molar-refractivity contribution in [3.8, 4) is 0 Å². The lowest BCUT2D eigenvalue weighted by atomic mass is 9.96. The van der Waals surface area contributed by atoms with Crippen molar-refractivity contribution in [1.29, 1.82) is 0 Å². The van der Waals surface area contributed by atoms with Gasteiger partial charge in [0, 0.05) is 23.5 Å². The summed E-state index contributed by atoms with van der Waals surface area (Å²) in [6.07, 6.45) is -3.19. The van der Waals surface area contributed by atoms with E-state index < -0.39 is 24.5 Å². The van der Waals surface area contributed by atoms with Crippen LogP contribution in [-0.2, 0) is 4.79 Å². The molecule has 1 aliphatic heterocycles. The highest BCUT2D eigenvalue weighted by molar-refractivity contribution is 5.98. The van der Waals surface area contributed by atoms with Gasteiger partial charge in [0.05, 0.1) is 12.5 Å². The van der Waals surface area contributed by atoms with Gasteiger partial charge in [-0.15, -0.1) is 0 Å². The van der Waals surface area contributed by atoms with E-state index in [1.807, 2.05) is 24.1 Å². The number of alkyl halides is 3. The van der Waals surface area contributed by atoms with Gasteiger partial charge in [-0.1, -0.05) is 0 Å². The molecule has 1 atom stereocenters. The predicted octanol–water partition coefficient (Wildman–Crippen LogP) is 2.20. The van der Waals surface area contributed by atoms with Crippen LogP contribution in [0.3, 0.4) is 0 Å². The average molecular weight is 345 g/mol. The Morgan fingerprint density at radius 3 is 2.67 bits per heavy atom. The minimum atomic E-state index is -4.41. The molecule has 2 N–H and O–H groups in total. The van der Waals surface area contributed by atoms with E-state index in [1.54, 1.807) is 6.07 Å². The van der Waals surface area contributed by atoms with Crippen LogP contribution in [0, 0.1) is 19.8 Å². The third kappa shape index (κ3) is 5.09. The normalized spacial score (nSPS) is 19.3. The molecular weight excluding hydrogens is 323 g/mol. The van der Waals surface area contributed by atoms with E-state index in [1.165, 1.54) is 0 Å². The zero-order chi connectivity index (χ0) is 17.9. The van der Waals surface area contributed by atoms with Gasteiger partial charge in [-0.2, -0.15) is 13.2 Å². The highest BCUT2D eigenvalue weighted by Crippen LogP contribution is 2.19. The fraction of sp³-hybridized carbons (Fsp3) is 0.625. The standard InChI is InChI=1S/C16H22F3N3O2/c1-10-6-13(11(2)21-10)14(23)8-22-5-3-4-12(7-22)15(24)20-9-16(17,18)19/h6,12,21H,3-5,7-9H2,1-2H3,(H,20,24)/t12-/m1/s1. The summed E-state index contributed by atoms with van der Waals surface area (Å²) >= 11 is 0. The molecular formula is C16H22F3N3O2. The number of aromatic amines is 1. The summed E-state index contributed by atoms with van der Waals surface area (Å²) < 4.78 is 36.6. The van der Waals surface area contributed by atoms with E-state index >= 15 is 0 Å². The van der Waals surface area contributed by atoms with Crippen LogP contribution in [0.25, 0.3) is 0 Å². The number of nitrogens with one attached hydrogen (secondary N) is 2. The largest absolute Gasteiger partial charge is 0.405 e. The third-order valence-corrected chi connectivity index (χ3v) is 4.16. The predicted molar refractivity (Wildman–Crippen MR) is 82.8 cm³/mol. The Morgan fingerprint density at radius 2 is 2.08 bits per heavy atom. The molecule has 0 aliphatic carbocycles. The van der Waals surface area contributed by atoms with Gasteiger partial charge < -0.3 is 10.3 Å². The second-order valence-corrected chi connectivity index (χ2v) is 6.32. The zero-order valence-corrected chi connectivity index (χ0v) is 13.8. The fourth-order valence-electron chi connectivity index (χ4n) is 3.05. The Hall–Kier alpha value is -1.83. The summed E-state index contributed by atoms with van der Waals surface area (Å²) in [7, 11) is 0. The SMILES string of the molecule is Cc1cc(C(=O)CN2CCC[C@@H](C(=O)NCC(F)(F)F)C2)c(C)[nH]1. The molecule has 0 bridgehead atoms. The van der Waals surface area contributed by atoms with Crippen LogP contribution >= 0.6 is 0 Å². The molecule has 2 heterocycles. The fourth-order valence-corrected chi connectivity index (χ4v) is 3.05. The maximum atomic E-state index is 12.4. The number of aromatic nitrogens is 1. The summed E-state index contributed by atoms with van der Waals surface area (Å²) in [5, 5.41) is 1.93. The molecule has 1 aromatic rings. The maximum absolute atomic E-state index is 12.4. The van der Waals surface area contributed by atoms with Gasteiger partial charge in [0.1, 0.15) is 6.54 Å². The maximum Gasteiger partial charge on any atom is 0.405 e. The van der Waals surface area contributed by atoms with Gasteiger partial charge in [0.2, 0.25) is 5.91 Å². The monoisotopic (exact) mass is 345 g/mol. The van der Waals surface area contributed by atoms with Crippen molar-refractivity contribution >= 4 is 11.7 Å². The number of piperidine rings is 1. The summed E-state index contributed by atoms with van der Waals surface area (Å²) in [5.41, 5.74) is 2.32. The number of likely N-dealkylation sites (tertiary alicyclic amines) is 1. The van der Waals surface area contributed by atoms with E-state index in [0.29, 0.717) is 31.5 Å². The van der Waals surface area contributed by atoms with Gasteiger partial charge >= 0.3 is 6.18 Å². The smallest absolute Gasteiger partial charge is 0.362 e. The number of hydrogen-bond donors (Lipinski definition) is 2. The quantitative estimate of drug-likeness (QED) is 0.804.